The van der Waals surface area contributed by atoms with E-state index in [2.05, 4.69) is 10.3 Å². The molecule has 1 fully saturated rings. The van der Waals surface area contributed by atoms with Gasteiger partial charge in [-0.15, -0.1) is 0 Å². The summed E-state index contributed by atoms with van der Waals surface area (Å²) >= 11 is 0. The molecule has 0 aliphatic carbocycles. The van der Waals surface area contributed by atoms with E-state index >= 15 is 0 Å². The molecule has 1 amide bonds. The first-order valence-electron chi connectivity index (χ1n) is 10.7. The summed E-state index contributed by atoms with van der Waals surface area (Å²) in [5.74, 6) is -5.94. The number of nitrogens with zero attached hydrogens (tertiary/aromatic N) is 1. The molecule has 2 heterocycles. The van der Waals surface area contributed by atoms with Crippen LogP contribution in [0.5, 0.6) is 5.75 Å². The van der Waals surface area contributed by atoms with Crippen molar-refractivity contribution in [3.63, 3.8) is 0 Å². The first kappa shape index (κ1) is 27.7. The van der Waals surface area contributed by atoms with Crippen molar-refractivity contribution >= 4 is 11.6 Å². The molecule has 36 heavy (non-hydrogen) atoms. The summed E-state index contributed by atoms with van der Waals surface area (Å²) in [5, 5.41) is 21.0. The molecule has 3 rings (SSSR count). The highest BCUT2D eigenvalue weighted by Crippen LogP contribution is 2.55. The lowest BCUT2D eigenvalue weighted by molar-refractivity contribution is -0.272. The number of amides is 1. The predicted octanol–water partition coefficient (Wildman–Crippen LogP) is 4.27. The first-order valence-corrected chi connectivity index (χ1v) is 10.7. The van der Waals surface area contributed by atoms with Crippen LogP contribution < -0.4 is 10.1 Å². The number of aromatic nitrogens is 1. The normalized spacial score (nSPS) is 25.2. The number of aliphatic hydroxyl groups is 2. The number of benzene rings is 1. The van der Waals surface area contributed by atoms with Crippen molar-refractivity contribution in [3.8, 4) is 5.75 Å². The Balaban J connectivity index is 2.06. The molecule has 3 N–H and O–H groups in total. The standard InChI is InChI=1S/C23H24F6N2O5/c1-10-16(12-5-6-13(24)17(20(25)26)18(12)35-3)19(36-22(10,2)23(27,28)29)21(34)31-11-4-7-14(30-8-11)15(33)9-32/h4-8,10,15-16,19-20,32-33H,9H2,1-3H3,(H,31,34)/t10-,15-,16-,19+,22+/m1/s1. The molecular formula is C23H24F6N2O5. The van der Waals surface area contributed by atoms with E-state index in [9.17, 15) is 36.2 Å². The van der Waals surface area contributed by atoms with Gasteiger partial charge in [-0.1, -0.05) is 13.0 Å². The van der Waals surface area contributed by atoms with Crippen LogP contribution in [-0.2, 0) is 9.53 Å². The van der Waals surface area contributed by atoms with Crippen molar-refractivity contribution in [2.45, 2.75) is 50.2 Å². The number of alkyl halides is 5. The maximum absolute atomic E-state index is 14.2. The molecule has 0 bridgehead atoms. The number of methoxy groups -OCH3 is 1. The molecule has 7 nitrogen and oxygen atoms in total. The van der Waals surface area contributed by atoms with Crippen LogP contribution in [0.2, 0.25) is 0 Å². The van der Waals surface area contributed by atoms with Crippen LogP contribution in [0.4, 0.5) is 32.0 Å². The van der Waals surface area contributed by atoms with Crippen LogP contribution in [0.15, 0.2) is 30.5 Å². The lowest BCUT2D eigenvalue weighted by Gasteiger charge is -2.32. The molecular weight excluding hydrogens is 498 g/mol. The zero-order valence-corrected chi connectivity index (χ0v) is 19.3. The number of pyridine rings is 1. The fraction of sp³-hybridized carbons (Fsp3) is 0.478. The zero-order chi connectivity index (χ0) is 27.0. The van der Waals surface area contributed by atoms with Crippen molar-refractivity contribution in [1.82, 2.24) is 4.98 Å². The number of carbonyl (C=O) groups is 1. The van der Waals surface area contributed by atoms with E-state index < -0.39 is 71.9 Å². The van der Waals surface area contributed by atoms with Crippen LogP contribution in [0.25, 0.3) is 0 Å². The fourth-order valence-corrected chi connectivity index (χ4v) is 4.29. The summed E-state index contributed by atoms with van der Waals surface area (Å²) in [6.07, 6.45) is -10.3. The number of nitrogens with one attached hydrogen (secondary N) is 1. The molecule has 2 aromatic rings. The molecule has 13 heteroatoms. The number of ether oxygens (including phenoxy) is 2. The minimum atomic E-state index is -4.94. The van der Waals surface area contributed by atoms with Gasteiger partial charge in [-0.2, -0.15) is 13.2 Å². The molecule has 1 aromatic carbocycles. The van der Waals surface area contributed by atoms with Gasteiger partial charge in [0.1, 0.15) is 23.8 Å². The summed E-state index contributed by atoms with van der Waals surface area (Å²) in [6.45, 7) is 1.29. The lowest BCUT2D eigenvalue weighted by atomic mass is 9.76. The Kier molecular flexibility index (Phi) is 7.86. The Morgan fingerprint density at radius 3 is 2.44 bits per heavy atom. The molecule has 5 atom stereocenters. The maximum atomic E-state index is 14.2. The van der Waals surface area contributed by atoms with Gasteiger partial charge in [-0.25, -0.2) is 13.2 Å². The number of aliphatic hydroxyl groups excluding tert-OH is 2. The quantitative estimate of drug-likeness (QED) is 0.470. The minimum absolute atomic E-state index is 0.0313. The summed E-state index contributed by atoms with van der Waals surface area (Å²) < 4.78 is 93.7. The SMILES string of the molecule is COc1c([C@@H]2[C@@H](C(=O)Nc3ccc([C@H](O)CO)nc3)O[C@](C)(C(F)(F)F)[C@@H]2C)ccc(F)c1C(F)F. The van der Waals surface area contributed by atoms with Gasteiger partial charge in [0.25, 0.3) is 12.3 Å². The topological polar surface area (TPSA) is 101 Å². The number of rotatable bonds is 7. The third kappa shape index (κ3) is 4.87. The van der Waals surface area contributed by atoms with Crippen LogP contribution >= 0.6 is 0 Å². The minimum Gasteiger partial charge on any atom is -0.496 e. The van der Waals surface area contributed by atoms with E-state index in [0.29, 0.717) is 6.07 Å². The number of halogens is 6. The average Bonchev–Trinajstić information content (AvgIpc) is 3.10. The van der Waals surface area contributed by atoms with E-state index in [1.807, 2.05) is 0 Å². The van der Waals surface area contributed by atoms with Gasteiger partial charge in [0.2, 0.25) is 0 Å². The molecule has 198 valence electrons. The zero-order valence-electron chi connectivity index (χ0n) is 19.3. The molecule has 1 aromatic heterocycles. The second kappa shape index (κ2) is 10.2. The van der Waals surface area contributed by atoms with E-state index in [-0.39, 0.29) is 16.9 Å². The summed E-state index contributed by atoms with van der Waals surface area (Å²) in [5.41, 5.74) is -4.11. The molecule has 1 aliphatic rings. The highest BCUT2D eigenvalue weighted by atomic mass is 19.4. The van der Waals surface area contributed by atoms with Crippen molar-refractivity contribution in [2.24, 2.45) is 5.92 Å². The third-order valence-corrected chi connectivity index (χ3v) is 6.45. The van der Waals surface area contributed by atoms with Gasteiger partial charge in [0.15, 0.2) is 5.60 Å². The second-order valence-corrected chi connectivity index (χ2v) is 8.50. The second-order valence-electron chi connectivity index (χ2n) is 8.50. The molecule has 1 saturated heterocycles. The van der Waals surface area contributed by atoms with Gasteiger partial charge >= 0.3 is 6.18 Å². The van der Waals surface area contributed by atoms with E-state index in [0.717, 1.165) is 33.2 Å². The maximum Gasteiger partial charge on any atom is 0.417 e. The molecule has 0 spiro atoms. The molecule has 0 saturated carbocycles. The molecule has 1 aliphatic heterocycles. The van der Waals surface area contributed by atoms with Crippen LogP contribution in [0, 0.1) is 11.7 Å². The van der Waals surface area contributed by atoms with Gasteiger partial charge in [0, 0.05) is 17.4 Å². The van der Waals surface area contributed by atoms with E-state index in [4.69, 9.17) is 14.6 Å². The third-order valence-electron chi connectivity index (χ3n) is 6.45. The van der Waals surface area contributed by atoms with Crippen LogP contribution in [-0.4, -0.2) is 52.7 Å². The number of hydrogen-bond acceptors (Lipinski definition) is 6. The average molecular weight is 522 g/mol. The van der Waals surface area contributed by atoms with Gasteiger partial charge in [-0.3, -0.25) is 9.78 Å². The summed E-state index contributed by atoms with van der Waals surface area (Å²) in [7, 11) is 0.969. The van der Waals surface area contributed by atoms with Crippen molar-refractivity contribution in [1.29, 1.82) is 0 Å². The van der Waals surface area contributed by atoms with Gasteiger partial charge in [-0.05, 0) is 25.1 Å². The lowest BCUT2D eigenvalue weighted by Crippen LogP contribution is -2.47. The highest BCUT2D eigenvalue weighted by Gasteiger charge is 2.66. The summed E-state index contributed by atoms with van der Waals surface area (Å²) in [6, 6.07) is 4.26. The number of hydrogen-bond donors (Lipinski definition) is 3. The summed E-state index contributed by atoms with van der Waals surface area (Å²) in [4.78, 5) is 17.0. The largest absolute Gasteiger partial charge is 0.496 e. The van der Waals surface area contributed by atoms with Crippen LogP contribution in [0.1, 0.15) is 49.1 Å². The smallest absolute Gasteiger partial charge is 0.417 e. The van der Waals surface area contributed by atoms with Gasteiger partial charge in [0.05, 0.1) is 36.9 Å². The Hall–Kier alpha value is -2.90. The number of carbonyl (C=O) groups excluding carboxylic acids is 1. The van der Waals surface area contributed by atoms with Crippen molar-refractivity contribution in [3.05, 3.63) is 53.1 Å². The molecule has 0 unspecified atom stereocenters. The van der Waals surface area contributed by atoms with Crippen molar-refractivity contribution in [2.75, 3.05) is 19.0 Å². The number of anilines is 1. The molecule has 0 radical (unpaired) electrons. The Labute approximate surface area is 202 Å². The van der Waals surface area contributed by atoms with Gasteiger partial charge < -0.3 is 25.0 Å². The Morgan fingerprint density at radius 1 is 1.28 bits per heavy atom. The van der Waals surface area contributed by atoms with Crippen molar-refractivity contribution < 1.29 is 50.8 Å². The van der Waals surface area contributed by atoms with Crippen LogP contribution in [0.3, 0.4) is 0 Å². The first-order chi connectivity index (χ1) is 16.8. The monoisotopic (exact) mass is 522 g/mol. The fourth-order valence-electron chi connectivity index (χ4n) is 4.29. The van der Waals surface area contributed by atoms with E-state index in [1.54, 1.807) is 0 Å². The highest BCUT2D eigenvalue weighted by molar-refractivity contribution is 5.95. The Bertz CT molecular complexity index is 1100. The van der Waals surface area contributed by atoms with E-state index in [1.165, 1.54) is 12.1 Å². The Morgan fingerprint density at radius 2 is 1.94 bits per heavy atom. The predicted molar refractivity (Wildman–Crippen MR) is 114 cm³/mol.